The highest BCUT2D eigenvalue weighted by Crippen LogP contribution is 2.27. The summed E-state index contributed by atoms with van der Waals surface area (Å²) in [5, 5.41) is 3.55. The third kappa shape index (κ3) is 7.91. The average molecular weight is 272 g/mol. The van der Waals surface area contributed by atoms with Gasteiger partial charge < -0.3 is 15.0 Å². The van der Waals surface area contributed by atoms with Crippen molar-refractivity contribution in [3.63, 3.8) is 0 Å². The molecule has 0 rings (SSSR count). The van der Waals surface area contributed by atoms with Crippen LogP contribution in [0.1, 0.15) is 47.5 Å². The maximum atomic E-state index is 5.26. The molecular formula is C16H36N2O. The summed E-state index contributed by atoms with van der Waals surface area (Å²) in [6, 6.07) is 0. The van der Waals surface area contributed by atoms with Crippen molar-refractivity contribution in [3.8, 4) is 0 Å². The van der Waals surface area contributed by atoms with Crippen molar-refractivity contribution >= 4 is 0 Å². The largest absolute Gasteiger partial charge is 0.383 e. The van der Waals surface area contributed by atoms with Crippen molar-refractivity contribution in [2.24, 2.45) is 11.3 Å². The molecular weight excluding hydrogens is 236 g/mol. The molecule has 3 heteroatoms. The molecule has 19 heavy (non-hydrogen) atoms. The van der Waals surface area contributed by atoms with Gasteiger partial charge in [-0.1, -0.05) is 34.6 Å². The lowest BCUT2D eigenvalue weighted by molar-refractivity contribution is 0.0901. The summed E-state index contributed by atoms with van der Waals surface area (Å²) in [6.45, 7) is 17.8. The second kappa shape index (κ2) is 10.6. The Morgan fingerprint density at radius 1 is 1.16 bits per heavy atom. The van der Waals surface area contributed by atoms with Crippen LogP contribution in [-0.4, -0.2) is 51.3 Å². The van der Waals surface area contributed by atoms with Crippen LogP contribution in [0, 0.1) is 11.3 Å². The van der Waals surface area contributed by atoms with Gasteiger partial charge in [0.25, 0.3) is 0 Å². The molecule has 3 nitrogen and oxygen atoms in total. The lowest BCUT2D eigenvalue weighted by Crippen LogP contribution is -2.45. The lowest BCUT2D eigenvalue weighted by Gasteiger charge is -2.38. The maximum Gasteiger partial charge on any atom is 0.0589 e. The highest BCUT2D eigenvalue weighted by atomic mass is 16.5. The van der Waals surface area contributed by atoms with Gasteiger partial charge in [0, 0.05) is 33.3 Å². The number of hydrogen-bond acceptors (Lipinski definition) is 3. The molecule has 0 heterocycles. The molecule has 0 aromatic heterocycles. The van der Waals surface area contributed by atoms with E-state index in [9.17, 15) is 0 Å². The van der Waals surface area contributed by atoms with Crippen LogP contribution in [0.5, 0.6) is 0 Å². The van der Waals surface area contributed by atoms with Crippen molar-refractivity contribution in [2.45, 2.75) is 47.5 Å². The molecule has 0 aromatic rings. The van der Waals surface area contributed by atoms with Crippen molar-refractivity contribution in [1.29, 1.82) is 0 Å². The third-order valence-electron chi connectivity index (χ3n) is 4.04. The molecule has 0 atom stereocenters. The second-order valence-corrected chi connectivity index (χ2v) is 6.11. The molecule has 0 aliphatic carbocycles. The highest BCUT2D eigenvalue weighted by Gasteiger charge is 2.28. The van der Waals surface area contributed by atoms with Crippen molar-refractivity contribution in [2.75, 3.05) is 46.4 Å². The summed E-state index contributed by atoms with van der Waals surface area (Å²) in [5.41, 5.74) is 0.401. The Balaban J connectivity index is 4.60. The molecule has 0 aliphatic rings. The monoisotopic (exact) mass is 272 g/mol. The minimum Gasteiger partial charge on any atom is -0.383 e. The van der Waals surface area contributed by atoms with Gasteiger partial charge in [-0.25, -0.2) is 0 Å². The molecule has 0 fully saturated rings. The van der Waals surface area contributed by atoms with Gasteiger partial charge in [-0.15, -0.1) is 0 Å². The van der Waals surface area contributed by atoms with Gasteiger partial charge >= 0.3 is 0 Å². The van der Waals surface area contributed by atoms with Gasteiger partial charge in [0.2, 0.25) is 0 Å². The zero-order valence-electron chi connectivity index (χ0n) is 14.1. The van der Waals surface area contributed by atoms with Crippen LogP contribution in [0.15, 0.2) is 0 Å². The molecule has 1 N–H and O–H groups in total. The first-order valence-corrected chi connectivity index (χ1v) is 7.95. The summed E-state index contributed by atoms with van der Waals surface area (Å²) in [4.78, 5) is 2.58. The number of rotatable bonds is 12. The van der Waals surface area contributed by atoms with Gasteiger partial charge in [-0.3, -0.25) is 0 Å². The smallest absolute Gasteiger partial charge is 0.0589 e. The van der Waals surface area contributed by atoms with E-state index in [2.05, 4.69) is 44.8 Å². The van der Waals surface area contributed by atoms with E-state index in [0.29, 0.717) is 11.3 Å². The molecule has 116 valence electrons. The number of nitrogens with one attached hydrogen (secondary N) is 1. The Kier molecular flexibility index (Phi) is 10.6. The third-order valence-corrected chi connectivity index (χ3v) is 4.04. The van der Waals surface area contributed by atoms with Crippen LogP contribution in [0.3, 0.4) is 0 Å². The Labute approximate surface area is 121 Å². The van der Waals surface area contributed by atoms with Crippen molar-refractivity contribution in [3.05, 3.63) is 0 Å². The quantitative estimate of drug-likeness (QED) is 0.591. The van der Waals surface area contributed by atoms with Crippen LogP contribution >= 0.6 is 0 Å². The summed E-state index contributed by atoms with van der Waals surface area (Å²) < 4.78 is 5.26. The Hall–Kier alpha value is -0.120. The lowest BCUT2D eigenvalue weighted by atomic mass is 9.81. The van der Waals surface area contributed by atoms with Crippen LogP contribution in [-0.2, 0) is 4.74 Å². The number of hydrogen-bond donors (Lipinski definition) is 1. The van der Waals surface area contributed by atoms with Crippen LogP contribution in [0.2, 0.25) is 0 Å². The Bertz CT molecular complexity index is 203. The van der Waals surface area contributed by atoms with Gasteiger partial charge in [-0.2, -0.15) is 0 Å². The summed E-state index contributed by atoms with van der Waals surface area (Å²) in [5.74, 6) is 0.711. The maximum absolute atomic E-state index is 5.26. The van der Waals surface area contributed by atoms with E-state index in [1.807, 2.05) is 0 Å². The predicted octanol–water partition coefficient (Wildman–Crippen LogP) is 3.01. The van der Waals surface area contributed by atoms with Crippen molar-refractivity contribution < 1.29 is 4.74 Å². The van der Waals surface area contributed by atoms with E-state index in [4.69, 9.17) is 4.74 Å². The number of methoxy groups -OCH3 is 1. The Morgan fingerprint density at radius 2 is 1.79 bits per heavy atom. The zero-order chi connectivity index (χ0) is 14.7. The van der Waals surface area contributed by atoms with E-state index in [1.165, 1.54) is 19.4 Å². The standard InChI is InChI=1S/C16H36N2O/c1-7-16(8-2,13-17-9-3)14-18(10-11-19-6)12-15(4)5/h15,17H,7-14H2,1-6H3. The van der Waals surface area contributed by atoms with Crippen LogP contribution in [0.4, 0.5) is 0 Å². The van der Waals surface area contributed by atoms with Crippen molar-refractivity contribution in [1.82, 2.24) is 10.2 Å². The fourth-order valence-electron chi connectivity index (χ4n) is 2.62. The van der Waals surface area contributed by atoms with E-state index >= 15 is 0 Å². The first-order chi connectivity index (χ1) is 9.03. The van der Waals surface area contributed by atoms with E-state index in [-0.39, 0.29) is 0 Å². The first-order valence-electron chi connectivity index (χ1n) is 7.95. The minimum absolute atomic E-state index is 0.401. The van der Waals surface area contributed by atoms with Crippen LogP contribution < -0.4 is 5.32 Å². The predicted molar refractivity (Wildman–Crippen MR) is 84.7 cm³/mol. The minimum atomic E-state index is 0.401. The first kappa shape index (κ1) is 18.9. The van der Waals surface area contributed by atoms with E-state index in [1.54, 1.807) is 7.11 Å². The van der Waals surface area contributed by atoms with Gasteiger partial charge in [0.15, 0.2) is 0 Å². The molecule has 0 saturated carbocycles. The van der Waals surface area contributed by atoms with Crippen LogP contribution in [0.25, 0.3) is 0 Å². The molecule has 0 aliphatic heterocycles. The van der Waals surface area contributed by atoms with Gasteiger partial charge in [0.1, 0.15) is 0 Å². The fourth-order valence-corrected chi connectivity index (χ4v) is 2.62. The normalized spacial score (nSPS) is 12.6. The van der Waals surface area contributed by atoms with E-state index in [0.717, 1.165) is 32.8 Å². The summed E-state index contributed by atoms with van der Waals surface area (Å²) >= 11 is 0. The van der Waals surface area contributed by atoms with Gasteiger partial charge in [-0.05, 0) is 30.7 Å². The SMILES string of the molecule is CCNCC(CC)(CC)CN(CCOC)CC(C)C. The topological polar surface area (TPSA) is 24.5 Å². The number of ether oxygens (including phenoxy) is 1. The zero-order valence-corrected chi connectivity index (χ0v) is 14.1. The molecule has 0 spiro atoms. The average Bonchev–Trinajstić information content (AvgIpc) is 2.40. The molecule has 0 bridgehead atoms. The second-order valence-electron chi connectivity index (χ2n) is 6.11. The van der Waals surface area contributed by atoms with E-state index < -0.39 is 0 Å². The highest BCUT2D eigenvalue weighted by molar-refractivity contribution is 4.83. The molecule has 0 aromatic carbocycles. The molecule has 0 saturated heterocycles. The van der Waals surface area contributed by atoms with Gasteiger partial charge in [0.05, 0.1) is 6.61 Å². The summed E-state index contributed by atoms with van der Waals surface area (Å²) in [7, 11) is 1.79. The number of nitrogens with zero attached hydrogens (tertiary/aromatic N) is 1. The molecule has 0 amide bonds. The summed E-state index contributed by atoms with van der Waals surface area (Å²) in [6.07, 6.45) is 2.47. The molecule has 0 unspecified atom stereocenters. The molecule has 0 radical (unpaired) electrons. The fraction of sp³-hybridized carbons (Fsp3) is 1.00. The Morgan fingerprint density at radius 3 is 2.21 bits per heavy atom.